The van der Waals surface area contributed by atoms with Gasteiger partial charge in [0.2, 0.25) is 0 Å². The van der Waals surface area contributed by atoms with Crippen LogP contribution >= 0.6 is 0 Å². The summed E-state index contributed by atoms with van der Waals surface area (Å²) in [5, 5.41) is 2.97. The minimum atomic E-state index is -0.266. The number of aromatic nitrogens is 1. The highest BCUT2D eigenvalue weighted by Gasteiger charge is 2.22. The number of hydrogen-bond acceptors (Lipinski definition) is 4. The van der Waals surface area contributed by atoms with Crippen molar-refractivity contribution in [3.8, 4) is 0 Å². The van der Waals surface area contributed by atoms with Crippen LogP contribution in [0, 0.1) is 0 Å². The maximum atomic E-state index is 12.8. The molecule has 1 aliphatic rings. The first kappa shape index (κ1) is 20.0. The number of pyridine rings is 1. The standard InChI is InChI=1S/C22H28N4O2/c1-22(2,3)18-7-5-6-8-19(18)24-20(27)16-13-17(15-23-14-16)21(28)26-11-9-25(4)10-12-26/h5-8,13-15H,9-12H2,1-4H3,(H,24,27). The highest BCUT2D eigenvalue weighted by Crippen LogP contribution is 2.29. The van der Waals surface area contributed by atoms with Crippen molar-refractivity contribution in [2.75, 3.05) is 38.5 Å². The van der Waals surface area contributed by atoms with Gasteiger partial charge in [-0.15, -0.1) is 0 Å². The number of nitrogens with zero attached hydrogens (tertiary/aromatic N) is 3. The Morgan fingerprint density at radius 3 is 2.32 bits per heavy atom. The highest BCUT2D eigenvalue weighted by molar-refractivity contribution is 6.06. The molecule has 2 heterocycles. The molecule has 28 heavy (non-hydrogen) atoms. The summed E-state index contributed by atoms with van der Waals surface area (Å²) in [7, 11) is 2.05. The SMILES string of the molecule is CN1CCN(C(=O)c2cncc(C(=O)Nc3ccccc3C(C)(C)C)c2)CC1. The molecule has 1 aromatic carbocycles. The number of piperazine rings is 1. The molecule has 1 aliphatic heterocycles. The second kappa shape index (κ2) is 8.10. The number of likely N-dealkylation sites (N-methyl/N-ethyl adjacent to an activating group) is 1. The van der Waals surface area contributed by atoms with Crippen molar-refractivity contribution >= 4 is 17.5 Å². The van der Waals surface area contributed by atoms with Gasteiger partial charge in [0.1, 0.15) is 0 Å². The Morgan fingerprint density at radius 2 is 1.64 bits per heavy atom. The van der Waals surface area contributed by atoms with Gasteiger partial charge in [-0.1, -0.05) is 39.0 Å². The second-order valence-corrected chi connectivity index (χ2v) is 8.31. The predicted octanol–water partition coefficient (Wildman–Crippen LogP) is 3.02. The molecule has 1 saturated heterocycles. The number of carbonyl (C=O) groups is 2. The number of para-hydroxylation sites is 1. The van der Waals surface area contributed by atoms with E-state index in [9.17, 15) is 9.59 Å². The van der Waals surface area contributed by atoms with E-state index < -0.39 is 0 Å². The summed E-state index contributed by atoms with van der Waals surface area (Å²) in [6, 6.07) is 9.40. The minimum Gasteiger partial charge on any atom is -0.336 e. The number of benzene rings is 1. The van der Waals surface area contributed by atoms with E-state index in [0.717, 1.165) is 24.3 Å². The molecule has 3 rings (SSSR count). The Kier molecular flexibility index (Phi) is 5.79. The summed E-state index contributed by atoms with van der Waals surface area (Å²) in [5.41, 5.74) is 2.56. The molecule has 0 aliphatic carbocycles. The first-order valence-electron chi connectivity index (χ1n) is 9.59. The Morgan fingerprint density at radius 1 is 1.00 bits per heavy atom. The van der Waals surface area contributed by atoms with Crippen LogP contribution in [0.15, 0.2) is 42.7 Å². The van der Waals surface area contributed by atoms with Crippen LogP contribution in [0.4, 0.5) is 5.69 Å². The molecule has 148 valence electrons. The van der Waals surface area contributed by atoms with Gasteiger partial charge >= 0.3 is 0 Å². The Balaban J connectivity index is 1.77. The van der Waals surface area contributed by atoms with Gasteiger partial charge in [0.15, 0.2) is 0 Å². The van der Waals surface area contributed by atoms with Crippen LogP contribution in [-0.4, -0.2) is 59.8 Å². The van der Waals surface area contributed by atoms with Gasteiger partial charge in [-0.3, -0.25) is 14.6 Å². The molecule has 1 fully saturated rings. The second-order valence-electron chi connectivity index (χ2n) is 8.31. The third-order valence-corrected chi connectivity index (χ3v) is 5.02. The number of nitrogens with one attached hydrogen (secondary N) is 1. The number of carbonyl (C=O) groups excluding carboxylic acids is 2. The van der Waals surface area contributed by atoms with E-state index in [1.807, 2.05) is 36.2 Å². The summed E-state index contributed by atoms with van der Waals surface area (Å²) < 4.78 is 0. The predicted molar refractivity (Wildman–Crippen MR) is 111 cm³/mol. The fraction of sp³-hybridized carbons (Fsp3) is 0.409. The van der Waals surface area contributed by atoms with Gasteiger partial charge in [-0.25, -0.2) is 0 Å². The van der Waals surface area contributed by atoms with Crippen molar-refractivity contribution in [3.05, 3.63) is 59.4 Å². The zero-order valence-electron chi connectivity index (χ0n) is 17.0. The van der Waals surface area contributed by atoms with Crippen molar-refractivity contribution in [1.29, 1.82) is 0 Å². The molecule has 1 aromatic heterocycles. The highest BCUT2D eigenvalue weighted by atomic mass is 16.2. The average Bonchev–Trinajstić information content (AvgIpc) is 2.68. The molecule has 2 amide bonds. The Labute approximate surface area is 166 Å². The van der Waals surface area contributed by atoms with Crippen LogP contribution in [0.2, 0.25) is 0 Å². The van der Waals surface area contributed by atoms with Gasteiger partial charge in [-0.05, 0) is 30.2 Å². The van der Waals surface area contributed by atoms with Crippen molar-refractivity contribution in [1.82, 2.24) is 14.8 Å². The summed E-state index contributed by atoms with van der Waals surface area (Å²) >= 11 is 0. The van der Waals surface area contributed by atoms with Gasteiger partial charge in [0, 0.05) is 44.3 Å². The van der Waals surface area contributed by atoms with Crippen LogP contribution in [0.5, 0.6) is 0 Å². The van der Waals surface area contributed by atoms with Crippen molar-refractivity contribution in [2.45, 2.75) is 26.2 Å². The third-order valence-electron chi connectivity index (χ3n) is 5.02. The van der Waals surface area contributed by atoms with Crippen LogP contribution in [0.25, 0.3) is 0 Å². The fourth-order valence-corrected chi connectivity index (χ4v) is 3.31. The average molecular weight is 380 g/mol. The van der Waals surface area contributed by atoms with Gasteiger partial charge in [0.05, 0.1) is 11.1 Å². The molecular formula is C22H28N4O2. The molecule has 0 spiro atoms. The topological polar surface area (TPSA) is 65.5 Å². The zero-order chi connectivity index (χ0) is 20.3. The van der Waals surface area contributed by atoms with Gasteiger partial charge in [0.25, 0.3) is 11.8 Å². The lowest BCUT2D eigenvalue weighted by Gasteiger charge is -2.32. The zero-order valence-corrected chi connectivity index (χ0v) is 17.0. The molecule has 0 saturated carbocycles. The molecule has 0 radical (unpaired) electrons. The van der Waals surface area contributed by atoms with E-state index in [0.29, 0.717) is 24.2 Å². The minimum absolute atomic E-state index is 0.0784. The maximum absolute atomic E-state index is 12.8. The fourth-order valence-electron chi connectivity index (χ4n) is 3.31. The normalized spacial score (nSPS) is 15.4. The lowest BCUT2D eigenvalue weighted by Crippen LogP contribution is -2.47. The van der Waals surface area contributed by atoms with E-state index in [2.05, 4.69) is 36.0 Å². The van der Waals surface area contributed by atoms with Crippen LogP contribution in [-0.2, 0) is 5.41 Å². The summed E-state index contributed by atoms with van der Waals surface area (Å²) in [6.45, 7) is 9.39. The third kappa shape index (κ3) is 4.57. The van der Waals surface area contributed by atoms with Crippen LogP contribution < -0.4 is 5.32 Å². The number of hydrogen-bond donors (Lipinski definition) is 1. The van der Waals surface area contributed by atoms with E-state index >= 15 is 0 Å². The number of amides is 2. The van der Waals surface area contributed by atoms with Crippen molar-refractivity contribution in [2.24, 2.45) is 0 Å². The smallest absolute Gasteiger partial charge is 0.257 e. The molecule has 6 heteroatoms. The lowest BCUT2D eigenvalue weighted by molar-refractivity contribution is 0.0663. The summed E-state index contributed by atoms with van der Waals surface area (Å²) in [6.07, 6.45) is 3.02. The first-order valence-corrected chi connectivity index (χ1v) is 9.59. The molecule has 1 N–H and O–H groups in total. The number of anilines is 1. The molecule has 0 bridgehead atoms. The summed E-state index contributed by atoms with van der Waals surface area (Å²) in [4.78, 5) is 33.7. The molecule has 6 nitrogen and oxygen atoms in total. The lowest BCUT2D eigenvalue weighted by atomic mass is 9.86. The Hall–Kier alpha value is -2.73. The van der Waals surface area contributed by atoms with E-state index in [1.54, 1.807) is 6.07 Å². The Bertz CT molecular complexity index is 865. The maximum Gasteiger partial charge on any atom is 0.257 e. The van der Waals surface area contributed by atoms with Crippen molar-refractivity contribution in [3.63, 3.8) is 0 Å². The van der Waals surface area contributed by atoms with E-state index in [-0.39, 0.29) is 17.2 Å². The molecule has 0 unspecified atom stereocenters. The quantitative estimate of drug-likeness (QED) is 0.889. The molecule has 0 atom stereocenters. The van der Waals surface area contributed by atoms with Crippen LogP contribution in [0.1, 0.15) is 47.1 Å². The largest absolute Gasteiger partial charge is 0.336 e. The van der Waals surface area contributed by atoms with Crippen molar-refractivity contribution < 1.29 is 9.59 Å². The van der Waals surface area contributed by atoms with Crippen LogP contribution in [0.3, 0.4) is 0 Å². The van der Waals surface area contributed by atoms with E-state index in [1.165, 1.54) is 12.4 Å². The van der Waals surface area contributed by atoms with E-state index in [4.69, 9.17) is 0 Å². The van der Waals surface area contributed by atoms with Gasteiger partial charge < -0.3 is 15.1 Å². The summed E-state index contributed by atoms with van der Waals surface area (Å²) in [5.74, 6) is -0.345. The monoisotopic (exact) mass is 380 g/mol. The van der Waals surface area contributed by atoms with Gasteiger partial charge in [-0.2, -0.15) is 0 Å². The number of rotatable bonds is 3. The molecule has 2 aromatic rings. The molecular weight excluding hydrogens is 352 g/mol. The first-order chi connectivity index (χ1) is 13.3.